The molecule has 3 heterocycles. The molecule has 0 saturated carbocycles. The number of halogens is 1. The number of ether oxygens (including phenoxy) is 1. The Morgan fingerprint density at radius 3 is 2.82 bits per heavy atom. The summed E-state index contributed by atoms with van der Waals surface area (Å²) in [5.74, 6) is 0.159. The number of piperidine rings is 1. The first kappa shape index (κ1) is 11.0. The fourth-order valence-corrected chi connectivity index (χ4v) is 2.51. The van der Waals surface area contributed by atoms with Gasteiger partial charge >= 0.3 is 0 Å². The summed E-state index contributed by atoms with van der Waals surface area (Å²) in [6.07, 6.45) is 3.17. The number of anilines is 1. The van der Waals surface area contributed by atoms with Gasteiger partial charge in [-0.05, 0) is 18.6 Å². The van der Waals surface area contributed by atoms with Crippen molar-refractivity contribution < 1.29 is 9.53 Å². The second-order valence-corrected chi connectivity index (χ2v) is 5.20. The topological polar surface area (TPSA) is 42.4 Å². The predicted octanol–water partition coefficient (Wildman–Crippen LogP) is 1.88. The summed E-state index contributed by atoms with van der Waals surface area (Å²) in [6, 6.07) is 3.55. The maximum Gasteiger partial charge on any atom is 0.227 e. The minimum atomic E-state index is 0.159. The molecule has 4 nitrogen and oxygen atoms in total. The Balaban J connectivity index is 1.84. The molecule has 1 aromatic rings. The van der Waals surface area contributed by atoms with E-state index >= 15 is 0 Å². The first-order valence-electron chi connectivity index (χ1n) is 5.68. The molecule has 2 fully saturated rings. The highest BCUT2D eigenvalue weighted by atomic mass is 35.5. The lowest BCUT2D eigenvalue weighted by Crippen LogP contribution is -2.56. The van der Waals surface area contributed by atoms with Crippen LogP contribution in [0.2, 0.25) is 5.15 Å². The van der Waals surface area contributed by atoms with Crippen LogP contribution in [-0.4, -0.2) is 30.6 Å². The SMILES string of the molecule is O=C1CCC2(COC2)CN1c1ccc(Cl)nc1. The molecule has 5 heteroatoms. The first-order valence-corrected chi connectivity index (χ1v) is 6.06. The summed E-state index contributed by atoms with van der Waals surface area (Å²) in [7, 11) is 0. The standard InChI is InChI=1S/C12H13ClN2O2/c13-10-2-1-9(5-14-10)15-6-12(7-17-8-12)4-3-11(15)16/h1-2,5H,3-4,6-8H2. The first-order chi connectivity index (χ1) is 8.19. The molecular formula is C12H13ClN2O2. The molecule has 0 aromatic carbocycles. The minimum Gasteiger partial charge on any atom is -0.380 e. The zero-order chi connectivity index (χ0) is 11.9. The van der Waals surface area contributed by atoms with Gasteiger partial charge in [0.15, 0.2) is 0 Å². The molecule has 0 N–H and O–H groups in total. The zero-order valence-electron chi connectivity index (χ0n) is 9.36. The van der Waals surface area contributed by atoms with Gasteiger partial charge in [0.1, 0.15) is 5.15 Å². The lowest BCUT2D eigenvalue weighted by atomic mass is 9.78. The molecule has 3 rings (SSSR count). The van der Waals surface area contributed by atoms with E-state index < -0.39 is 0 Å². The number of amides is 1. The number of nitrogens with zero attached hydrogens (tertiary/aromatic N) is 2. The van der Waals surface area contributed by atoms with E-state index in [1.54, 1.807) is 17.2 Å². The second-order valence-electron chi connectivity index (χ2n) is 4.81. The van der Waals surface area contributed by atoms with E-state index in [9.17, 15) is 4.79 Å². The minimum absolute atomic E-state index is 0.159. The average Bonchev–Trinajstić information content (AvgIpc) is 2.29. The van der Waals surface area contributed by atoms with Crippen molar-refractivity contribution >= 4 is 23.2 Å². The predicted molar refractivity (Wildman–Crippen MR) is 64.1 cm³/mol. The smallest absolute Gasteiger partial charge is 0.227 e. The molecule has 1 aromatic heterocycles. The lowest BCUT2D eigenvalue weighted by Gasteiger charge is -2.47. The molecule has 0 aliphatic carbocycles. The Hall–Kier alpha value is -1.13. The van der Waals surface area contributed by atoms with E-state index in [-0.39, 0.29) is 11.3 Å². The molecule has 1 amide bonds. The Morgan fingerprint density at radius 1 is 1.41 bits per heavy atom. The van der Waals surface area contributed by atoms with E-state index in [0.29, 0.717) is 11.6 Å². The fraction of sp³-hybridized carbons (Fsp3) is 0.500. The van der Waals surface area contributed by atoms with Gasteiger partial charge in [-0.2, -0.15) is 0 Å². The molecule has 2 aliphatic heterocycles. The Labute approximate surface area is 105 Å². The van der Waals surface area contributed by atoms with Crippen molar-refractivity contribution in [2.75, 3.05) is 24.7 Å². The van der Waals surface area contributed by atoms with Gasteiger partial charge < -0.3 is 9.64 Å². The maximum atomic E-state index is 11.9. The normalized spacial score (nSPS) is 22.6. The zero-order valence-corrected chi connectivity index (χ0v) is 10.1. The number of hydrogen-bond acceptors (Lipinski definition) is 3. The van der Waals surface area contributed by atoms with Gasteiger partial charge in [0, 0.05) is 18.4 Å². The van der Waals surface area contributed by atoms with Crippen LogP contribution in [0.5, 0.6) is 0 Å². The van der Waals surface area contributed by atoms with Gasteiger partial charge in [0.25, 0.3) is 0 Å². The molecule has 17 heavy (non-hydrogen) atoms. The van der Waals surface area contributed by atoms with Crippen LogP contribution in [-0.2, 0) is 9.53 Å². The van der Waals surface area contributed by atoms with Gasteiger partial charge in [0.05, 0.1) is 25.1 Å². The van der Waals surface area contributed by atoms with E-state index in [1.807, 2.05) is 6.07 Å². The van der Waals surface area contributed by atoms with E-state index in [0.717, 1.165) is 31.9 Å². The number of carbonyl (C=O) groups excluding carboxylic acids is 1. The molecular weight excluding hydrogens is 240 g/mol. The molecule has 2 aliphatic rings. The lowest BCUT2D eigenvalue weighted by molar-refractivity contribution is -0.138. The van der Waals surface area contributed by atoms with Gasteiger partial charge in [0.2, 0.25) is 5.91 Å². The van der Waals surface area contributed by atoms with E-state index in [4.69, 9.17) is 16.3 Å². The molecule has 1 spiro atoms. The summed E-state index contributed by atoms with van der Waals surface area (Å²) < 4.78 is 5.28. The fourth-order valence-electron chi connectivity index (χ4n) is 2.40. The third kappa shape index (κ3) is 1.91. The highest BCUT2D eigenvalue weighted by Crippen LogP contribution is 2.38. The molecule has 0 unspecified atom stereocenters. The third-order valence-corrected chi connectivity index (χ3v) is 3.73. The van der Waals surface area contributed by atoms with Crippen LogP contribution in [0.25, 0.3) is 0 Å². The Bertz CT molecular complexity index is 442. The Kier molecular flexibility index (Phi) is 2.56. The van der Waals surface area contributed by atoms with Crippen LogP contribution in [0.15, 0.2) is 18.3 Å². The second kappa shape index (κ2) is 3.96. The number of rotatable bonds is 1. The number of aromatic nitrogens is 1. The highest BCUT2D eigenvalue weighted by Gasteiger charge is 2.44. The quantitative estimate of drug-likeness (QED) is 0.717. The van der Waals surface area contributed by atoms with Crippen molar-refractivity contribution in [2.45, 2.75) is 12.8 Å². The summed E-state index contributed by atoms with van der Waals surface area (Å²) in [6.45, 7) is 2.25. The Morgan fingerprint density at radius 2 is 2.24 bits per heavy atom. The molecule has 2 saturated heterocycles. The van der Waals surface area contributed by atoms with Gasteiger partial charge in [-0.1, -0.05) is 11.6 Å². The van der Waals surface area contributed by atoms with Gasteiger partial charge in [-0.3, -0.25) is 4.79 Å². The number of carbonyl (C=O) groups is 1. The molecule has 0 bridgehead atoms. The van der Waals surface area contributed by atoms with E-state index in [2.05, 4.69) is 4.98 Å². The molecule has 90 valence electrons. The van der Waals surface area contributed by atoms with E-state index in [1.165, 1.54) is 0 Å². The molecule has 0 atom stereocenters. The summed E-state index contributed by atoms with van der Waals surface area (Å²) in [5.41, 5.74) is 0.999. The van der Waals surface area contributed by atoms with Crippen LogP contribution in [0.1, 0.15) is 12.8 Å². The van der Waals surface area contributed by atoms with Crippen molar-refractivity contribution in [3.63, 3.8) is 0 Å². The highest BCUT2D eigenvalue weighted by molar-refractivity contribution is 6.29. The largest absolute Gasteiger partial charge is 0.380 e. The van der Waals surface area contributed by atoms with Crippen molar-refractivity contribution in [3.8, 4) is 0 Å². The van der Waals surface area contributed by atoms with Crippen LogP contribution in [0.3, 0.4) is 0 Å². The van der Waals surface area contributed by atoms with Gasteiger partial charge in [-0.15, -0.1) is 0 Å². The van der Waals surface area contributed by atoms with Crippen molar-refractivity contribution in [3.05, 3.63) is 23.5 Å². The maximum absolute atomic E-state index is 11.9. The third-order valence-electron chi connectivity index (χ3n) is 3.50. The van der Waals surface area contributed by atoms with Crippen molar-refractivity contribution in [1.29, 1.82) is 0 Å². The number of pyridine rings is 1. The van der Waals surface area contributed by atoms with Crippen LogP contribution in [0.4, 0.5) is 5.69 Å². The van der Waals surface area contributed by atoms with Crippen LogP contribution < -0.4 is 4.90 Å². The monoisotopic (exact) mass is 252 g/mol. The molecule has 0 radical (unpaired) electrons. The van der Waals surface area contributed by atoms with Gasteiger partial charge in [-0.25, -0.2) is 4.98 Å². The summed E-state index contributed by atoms with van der Waals surface area (Å²) in [4.78, 5) is 17.8. The van der Waals surface area contributed by atoms with Crippen LogP contribution >= 0.6 is 11.6 Å². The number of hydrogen-bond donors (Lipinski definition) is 0. The van der Waals surface area contributed by atoms with Crippen molar-refractivity contribution in [1.82, 2.24) is 4.98 Å². The van der Waals surface area contributed by atoms with Crippen LogP contribution in [0, 0.1) is 5.41 Å². The van der Waals surface area contributed by atoms with Crippen molar-refractivity contribution in [2.24, 2.45) is 5.41 Å². The summed E-state index contributed by atoms with van der Waals surface area (Å²) in [5, 5.41) is 0.444. The average molecular weight is 253 g/mol. The summed E-state index contributed by atoms with van der Waals surface area (Å²) >= 11 is 5.75.